The molecule has 2 aromatic carbocycles. The van der Waals surface area contributed by atoms with Crippen LogP contribution in [0.5, 0.6) is 11.5 Å². The molecule has 3 aromatic rings. The number of thiazole rings is 1. The molecular weight excluding hydrogens is 411 g/mol. The van der Waals surface area contributed by atoms with Crippen molar-refractivity contribution in [3.05, 3.63) is 47.0 Å². The van der Waals surface area contributed by atoms with Crippen molar-refractivity contribution in [3.8, 4) is 11.5 Å². The highest BCUT2D eigenvalue weighted by atomic mass is 32.2. The Kier molecular flexibility index (Phi) is 6.20. The van der Waals surface area contributed by atoms with Gasteiger partial charge in [-0.25, -0.2) is 4.39 Å². The van der Waals surface area contributed by atoms with Gasteiger partial charge in [0, 0.05) is 35.7 Å². The molecular formula is C21H21FN2O3S2. The van der Waals surface area contributed by atoms with E-state index in [-0.39, 0.29) is 11.7 Å². The van der Waals surface area contributed by atoms with E-state index in [1.807, 2.05) is 12.1 Å². The number of hydrogen-bond donors (Lipinski definition) is 0. The van der Waals surface area contributed by atoms with Crippen LogP contribution >= 0.6 is 23.1 Å². The summed E-state index contributed by atoms with van der Waals surface area (Å²) in [7, 11) is 0. The molecule has 1 aliphatic heterocycles. The SMILES string of the molecule is CCCn1c(=NC(=O)CCSc2ccc(F)cc2)sc2cc3c(cc21)OCCO3. The molecule has 29 heavy (non-hydrogen) atoms. The van der Waals surface area contributed by atoms with E-state index in [9.17, 15) is 9.18 Å². The van der Waals surface area contributed by atoms with E-state index < -0.39 is 0 Å². The summed E-state index contributed by atoms with van der Waals surface area (Å²) in [6.07, 6.45) is 1.26. The Morgan fingerprint density at radius 1 is 1.21 bits per heavy atom. The van der Waals surface area contributed by atoms with Gasteiger partial charge in [-0.2, -0.15) is 4.99 Å². The summed E-state index contributed by atoms with van der Waals surface area (Å²) < 4.78 is 27.4. The van der Waals surface area contributed by atoms with Gasteiger partial charge < -0.3 is 14.0 Å². The highest BCUT2D eigenvalue weighted by molar-refractivity contribution is 7.99. The molecule has 4 rings (SSSR count). The van der Waals surface area contributed by atoms with E-state index in [1.54, 1.807) is 12.1 Å². The predicted octanol–water partition coefficient (Wildman–Crippen LogP) is 4.63. The molecule has 0 atom stereocenters. The number of carbonyl (C=O) groups excluding carboxylic acids is 1. The van der Waals surface area contributed by atoms with E-state index in [0.29, 0.717) is 30.2 Å². The van der Waals surface area contributed by atoms with Crippen LogP contribution in [-0.4, -0.2) is 29.4 Å². The van der Waals surface area contributed by atoms with Crippen molar-refractivity contribution in [2.45, 2.75) is 31.2 Å². The van der Waals surface area contributed by atoms with Crippen LogP contribution in [0.3, 0.4) is 0 Å². The number of aryl methyl sites for hydroxylation is 1. The first-order valence-electron chi connectivity index (χ1n) is 9.53. The molecule has 0 spiro atoms. The average molecular weight is 433 g/mol. The number of thioether (sulfide) groups is 1. The maximum atomic E-state index is 13.0. The minimum absolute atomic E-state index is 0.159. The van der Waals surface area contributed by atoms with Gasteiger partial charge in [0.15, 0.2) is 16.3 Å². The largest absolute Gasteiger partial charge is 0.486 e. The number of nitrogens with zero attached hydrogens (tertiary/aromatic N) is 2. The quantitative estimate of drug-likeness (QED) is 0.533. The van der Waals surface area contributed by atoms with Gasteiger partial charge in [-0.3, -0.25) is 4.79 Å². The molecule has 5 nitrogen and oxygen atoms in total. The number of benzene rings is 2. The monoisotopic (exact) mass is 432 g/mol. The number of hydrogen-bond acceptors (Lipinski definition) is 5. The molecule has 152 valence electrons. The standard InChI is InChI=1S/C21H21FN2O3S2/c1-2-8-24-16-12-17-18(27-10-9-26-17)13-19(16)29-21(24)23-20(25)7-11-28-15-5-3-14(22)4-6-15/h3-6,12-13H,2,7-11H2,1H3. The Morgan fingerprint density at radius 3 is 2.66 bits per heavy atom. The van der Waals surface area contributed by atoms with Crippen molar-refractivity contribution < 1.29 is 18.7 Å². The lowest BCUT2D eigenvalue weighted by molar-refractivity contribution is -0.117. The number of carbonyl (C=O) groups is 1. The summed E-state index contributed by atoms with van der Waals surface area (Å²) >= 11 is 3.01. The topological polar surface area (TPSA) is 52.8 Å². The number of aromatic nitrogens is 1. The second-order valence-corrected chi connectivity index (χ2v) is 8.74. The van der Waals surface area contributed by atoms with Gasteiger partial charge in [0.2, 0.25) is 5.91 Å². The van der Waals surface area contributed by atoms with Crippen molar-refractivity contribution in [1.82, 2.24) is 4.57 Å². The van der Waals surface area contributed by atoms with Crippen LogP contribution in [0.25, 0.3) is 10.2 Å². The van der Waals surface area contributed by atoms with Crippen molar-refractivity contribution in [3.63, 3.8) is 0 Å². The molecule has 0 aliphatic carbocycles. The van der Waals surface area contributed by atoms with Gasteiger partial charge in [0.05, 0.1) is 10.2 Å². The highest BCUT2D eigenvalue weighted by Gasteiger charge is 2.16. The van der Waals surface area contributed by atoms with Gasteiger partial charge in [-0.15, -0.1) is 11.8 Å². The average Bonchev–Trinajstić information content (AvgIpc) is 3.04. The fourth-order valence-electron chi connectivity index (χ4n) is 3.08. The maximum absolute atomic E-state index is 13.0. The Bertz CT molecular complexity index is 1090. The Balaban J connectivity index is 1.54. The molecule has 0 bridgehead atoms. The zero-order valence-corrected chi connectivity index (χ0v) is 17.7. The summed E-state index contributed by atoms with van der Waals surface area (Å²) in [4.78, 5) is 18.5. The molecule has 0 saturated carbocycles. The molecule has 2 heterocycles. The van der Waals surface area contributed by atoms with E-state index in [2.05, 4.69) is 16.5 Å². The van der Waals surface area contributed by atoms with E-state index >= 15 is 0 Å². The summed E-state index contributed by atoms with van der Waals surface area (Å²) in [6.45, 7) is 3.95. The van der Waals surface area contributed by atoms with Crippen molar-refractivity contribution in [2.24, 2.45) is 4.99 Å². The normalized spacial score (nSPS) is 13.8. The molecule has 1 amide bonds. The van der Waals surface area contributed by atoms with Gasteiger partial charge in [0.25, 0.3) is 0 Å². The Labute approximate surface area is 176 Å². The van der Waals surface area contributed by atoms with Crippen LogP contribution in [0.1, 0.15) is 19.8 Å². The fraction of sp³-hybridized carbons (Fsp3) is 0.333. The maximum Gasteiger partial charge on any atom is 0.249 e. The third kappa shape index (κ3) is 4.64. The number of rotatable bonds is 6. The summed E-state index contributed by atoms with van der Waals surface area (Å²) in [6, 6.07) is 10.2. The van der Waals surface area contributed by atoms with E-state index in [1.165, 1.54) is 35.2 Å². The van der Waals surface area contributed by atoms with E-state index in [4.69, 9.17) is 9.47 Å². The first-order valence-corrected chi connectivity index (χ1v) is 11.3. The first kappa shape index (κ1) is 20.0. The molecule has 1 aromatic heterocycles. The lowest BCUT2D eigenvalue weighted by atomic mass is 10.2. The van der Waals surface area contributed by atoms with Crippen molar-refractivity contribution >= 4 is 39.2 Å². The molecule has 0 fully saturated rings. The minimum atomic E-state index is -0.261. The molecule has 0 unspecified atom stereocenters. The van der Waals surface area contributed by atoms with Gasteiger partial charge in [-0.05, 0) is 30.7 Å². The van der Waals surface area contributed by atoms with Gasteiger partial charge in [0.1, 0.15) is 19.0 Å². The summed E-state index contributed by atoms with van der Waals surface area (Å²) in [5.74, 6) is 1.65. The van der Waals surface area contributed by atoms with Crippen LogP contribution < -0.4 is 14.3 Å². The summed E-state index contributed by atoms with van der Waals surface area (Å²) in [5.41, 5.74) is 1.01. The number of ether oxygens (including phenoxy) is 2. The lowest BCUT2D eigenvalue weighted by Crippen LogP contribution is -2.17. The lowest BCUT2D eigenvalue weighted by Gasteiger charge is -2.18. The third-order valence-corrected chi connectivity index (χ3v) is 6.47. The van der Waals surface area contributed by atoms with Gasteiger partial charge >= 0.3 is 0 Å². The van der Waals surface area contributed by atoms with Crippen molar-refractivity contribution in [2.75, 3.05) is 19.0 Å². The van der Waals surface area contributed by atoms with Crippen LogP contribution in [0.2, 0.25) is 0 Å². The molecule has 0 radical (unpaired) electrons. The zero-order chi connectivity index (χ0) is 20.2. The molecule has 1 aliphatic rings. The summed E-state index contributed by atoms with van der Waals surface area (Å²) in [5, 5.41) is 0. The van der Waals surface area contributed by atoms with Crippen LogP contribution in [-0.2, 0) is 11.3 Å². The predicted molar refractivity (Wildman–Crippen MR) is 113 cm³/mol. The smallest absolute Gasteiger partial charge is 0.249 e. The zero-order valence-electron chi connectivity index (χ0n) is 16.0. The van der Waals surface area contributed by atoms with Crippen molar-refractivity contribution in [1.29, 1.82) is 0 Å². The minimum Gasteiger partial charge on any atom is -0.486 e. The first-order chi connectivity index (χ1) is 14.1. The van der Waals surface area contributed by atoms with E-state index in [0.717, 1.165) is 39.6 Å². The fourth-order valence-corrected chi connectivity index (χ4v) is 5.01. The number of halogens is 1. The Morgan fingerprint density at radius 2 is 1.93 bits per heavy atom. The van der Waals surface area contributed by atoms with Crippen LogP contribution in [0, 0.1) is 5.82 Å². The second-order valence-electron chi connectivity index (χ2n) is 6.56. The van der Waals surface area contributed by atoms with Gasteiger partial charge in [-0.1, -0.05) is 18.3 Å². The van der Waals surface area contributed by atoms with Crippen LogP contribution in [0.15, 0.2) is 46.3 Å². The molecule has 0 saturated heterocycles. The second kappa shape index (κ2) is 9.00. The Hall–Kier alpha value is -2.32. The third-order valence-electron chi connectivity index (χ3n) is 4.41. The van der Waals surface area contributed by atoms with Crippen LogP contribution in [0.4, 0.5) is 4.39 Å². The highest BCUT2D eigenvalue weighted by Crippen LogP contribution is 2.35. The number of fused-ring (bicyclic) bond motifs is 2. The molecule has 8 heteroatoms. The number of amides is 1. The molecule has 0 N–H and O–H groups in total.